The van der Waals surface area contributed by atoms with Crippen LogP contribution < -0.4 is 11.5 Å². The first-order chi connectivity index (χ1) is 3.18. The molecule has 0 saturated heterocycles. The van der Waals surface area contributed by atoms with Crippen LogP contribution in [0.4, 0.5) is 0 Å². The number of hydrogen-bond acceptors (Lipinski definition) is 3. The fourth-order valence-corrected chi connectivity index (χ4v) is 0.347. The Balaban J connectivity index is 3.34. The van der Waals surface area contributed by atoms with Crippen molar-refractivity contribution in [2.24, 2.45) is 11.5 Å². The summed E-state index contributed by atoms with van der Waals surface area (Å²) in [5.74, 6) is 0. The lowest BCUT2D eigenvalue weighted by molar-refractivity contribution is -0.110. The van der Waals surface area contributed by atoms with Crippen LogP contribution in [0.15, 0.2) is 0 Å². The van der Waals surface area contributed by atoms with E-state index in [1.807, 2.05) is 0 Å². The molecule has 42 valence electrons. The molecule has 0 aromatic rings. The average Bonchev–Trinajstić information content (AvgIpc) is 1.65. The summed E-state index contributed by atoms with van der Waals surface area (Å²) in [6, 6.07) is -0.472. The predicted octanol–water partition coefficient (Wildman–Crippen LogP) is -0.766. The van der Waals surface area contributed by atoms with Crippen LogP contribution in [0, 0.1) is 0 Å². The third-order valence-electron chi connectivity index (χ3n) is 0.545. The minimum Gasteiger partial charge on any atom is -0.328 e. The van der Waals surface area contributed by atoms with Gasteiger partial charge in [0.2, 0.25) is 3.79 Å². The van der Waals surface area contributed by atoms with Gasteiger partial charge in [0.05, 0.1) is 6.04 Å². The summed E-state index contributed by atoms with van der Waals surface area (Å²) < 4.78 is -0.0832. The molecule has 0 fully saturated rings. The molecule has 1 atom stereocenters. The van der Waals surface area contributed by atoms with E-state index in [0.29, 0.717) is 0 Å². The number of rotatable bonds is 2. The number of hydrogen-bond donors (Lipinski definition) is 2. The number of carbonyl (C=O) groups is 1. The highest BCUT2D eigenvalue weighted by atomic mass is 127. The summed E-state index contributed by atoms with van der Waals surface area (Å²) >= 11 is 1.62. The second kappa shape index (κ2) is 3.34. The standard InChI is InChI=1S/C3H7IN2O/c4-3(7)2(6)1-5/h2H,1,5-6H2/t2-/m0/s1. The molecule has 0 aliphatic heterocycles. The van der Waals surface area contributed by atoms with Crippen LogP contribution in [0.1, 0.15) is 0 Å². The topological polar surface area (TPSA) is 69.1 Å². The monoisotopic (exact) mass is 214 g/mol. The molecule has 7 heavy (non-hydrogen) atoms. The molecule has 0 aliphatic carbocycles. The molecule has 0 aromatic heterocycles. The lowest BCUT2D eigenvalue weighted by atomic mass is 10.4. The maximum absolute atomic E-state index is 10.2. The highest BCUT2D eigenvalue weighted by Crippen LogP contribution is 1.87. The van der Waals surface area contributed by atoms with Gasteiger partial charge in [0.25, 0.3) is 0 Å². The van der Waals surface area contributed by atoms with Crippen molar-refractivity contribution in [2.75, 3.05) is 6.54 Å². The van der Waals surface area contributed by atoms with Crippen LogP contribution in [0.5, 0.6) is 0 Å². The van der Waals surface area contributed by atoms with E-state index in [-0.39, 0.29) is 10.3 Å². The van der Waals surface area contributed by atoms with Crippen molar-refractivity contribution in [2.45, 2.75) is 6.04 Å². The third kappa shape index (κ3) is 2.95. The van der Waals surface area contributed by atoms with Crippen molar-refractivity contribution in [1.29, 1.82) is 0 Å². The molecular weight excluding hydrogens is 207 g/mol. The predicted molar refractivity (Wildman–Crippen MR) is 36.1 cm³/mol. The van der Waals surface area contributed by atoms with Crippen molar-refractivity contribution < 1.29 is 4.79 Å². The van der Waals surface area contributed by atoms with Crippen LogP contribution in [0.25, 0.3) is 0 Å². The minimum atomic E-state index is -0.472. The molecule has 4 heteroatoms. The van der Waals surface area contributed by atoms with Gasteiger partial charge in [0.15, 0.2) is 0 Å². The fraction of sp³-hybridized carbons (Fsp3) is 0.667. The van der Waals surface area contributed by atoms with E-state index in [1.54, 1.807) is 22.6 Å². The molecule has 0 rings (SSSR count). The van der Waals surface area contributed by atoms with E-state index in [1.165, 1.54) is 0 Å². The summed E-state index contributed by atoms with van der Waals surface area (Å²) in [7, 11) is 0. The molecule has 0 saturated carbocycles. The molecule has 0 radical (unpaired) electrons. The van der Waals surface area contributed by atoms with E-state index in [4.69, 9.17) is 11.5 Å². The Morgan fingerprint density at radius 3 is 2.29 bits per heavy atom. The average molecular weight is 214 g/mol. The fourth-order valence-electron chi connectivity index (χ4n) is 0.0927. The summed E-state index contributed by atoms with van der Waals surface area (Å²) in [5.41, 5.74) is 10.2. The Kier molecular flexibility index (Phi) is 3.49. The van der Waals surface area contributed by atoms with E-state index < -0.39 is 6.04 Å². The van der Waals surface area contributed by atoms with E-state index >= 15 is 0 Å². The number of carbonyl (C=O) groups excluding carboxylic acids is 1. The SMILES string of the molecule is NC[C@H](N)C(=O)I. The van der Waals surface area contributed by atoms with Gasteiger partial charge in [-0.1, -0.05) is 0 Å². The van der Waals surface area contributed by atoms with Gasteiger partial charge in [-0.05, 0) is 0 Å². The normalized spacial score (nSPS) is 13.6. The van der Waals surface area contributed by atoms with E-state index in [9.17, 15) is 4.79 Å². The Morgan fingerprint density at radius 1 is 1.86 bits per heavy atom. The van der Waals surface area contributed by atoms with Crippen molar-refractivity contribution in [3.05, 3.63) is 0 Å². The van der Waals surface area contributed by atoms with Crippen LogP contribution >= 0.6 is 22.6 Å². The van der Waals surface area contributed by atoms with Gasteiger partial charge in [0, 0.05) is 29.1 Å². The van der Waals surface area contributed by atoms with E-state index in [0.717, 1.165) is 0 Å². The van der Waals surface area contributed by atoms with Crippen molar-refractivity contribution in [1.82, 2.24) is 0 Å². The summed E-state index contributed by atoms with van der Waals surface area (Å²) in [5, 5.41) is 0. The first-order valence-electron chi connectivity index (χ1n) is 1.83. The van der Waals surface area contributed by atoms with E-state index in [2.05, 4.69) is 0 Å². The Hall–Kier alpha value is 0.320. The summed E-state index contributed by atoms with van der Waals surface area (Å²) in [4.78, 5) is 10.2. The quantitative estimate of drug-likeness (QED) is 0.468. The highest BCUT2D eigenvalue weighted by Gasteiger charge is 2.04. The summed E-state index contributed by atoms with van der Waals surface area (Å²) in [6.45, 7) is 0.238. The lowest BCUT2D eigenvalue weighted by Crippen LogP contribution is -2.34. The molecular formula is C3H7IN2O. The minimum absolute atomic E-state index is 0.0832. The zero-order chi connectivity index (χ0) is 5.86. The van der Waals surface area contributed by atoms with Crippen LogP contribution in [-0.2, 0) is 4.79 Å². The Labute approximate surface area is 55.6 Å². The largest absolute Gasteiger partial charge is 0.328 e. The van der Waals surface area contributed by atoms with Crippen molar-refractivity contribution in [3.8, 4) is 0 Å². The highest BCUT2D eigenvalue weighted by molar-refractivity contribution is 14.1. The molecule has 0 aromatic carbocycles. The van der Waals surface area contributed by atoms with Gasteiger partial charge >= 0.3 is 0 Å². The van der Waals surface area contributed by atoms with Crippen LogP contribution in [0.3, 0.4) is 0 Å². The maximum Gasteiger partial charge on any atom is 0.210 e. The second-order valence-corrected chi connectivity index (χ2v) is 2.21. The van der Waals surface area contributed by atoms with Gasteiger partial charge in [-0.15, -0.1) is 0 Å². The maximum atomic E-state index is 10.2. The molecule has 0 amide bonds. The van der Waals surface area contributed by atoms with Crippen molar-refractivity contribution >= 4 is 26.4 Å². The van der Waals surface area contributed by atoms with Crippen LogP contribution in [0.2, 0.25) is 0 Å². The zero-order valence-corrected chi connectivity index (χ0v) is 5.88. The molecule has 4 N–H and O–H groups in total. The van der Waals surface area contributed by atoms with Gasteiger partial charge in [-0.3, -0.25) is 4.79 Å². The zero-order valence-electron chi connectivity index (χ0n) is 3.73. The lowest BCUT2D eigenvalue weighted by Gasteiger charge is -1.97. The molecule has 0 unspecified atom stereocenters. The number of nitrogens with two attached hydrogens (primary N) is 2. The third-order valence-corrected chi connectivity index (χ3v) is 1.35. The van der Waals surface area contributed by atoms with Gasteiger partial charge in [0.1, 0.15) is 0 Å². The molecule has 0 spiro atoms. The second-order valence-electron chi connectivity index (χ2n) is 1.15. The number of halogens is 1. The Bertz CT molecular complexity index is 75.3. The molecule has 0 aliphatic rings. The smallest absolute Gasteiger partial charge is 0.210 e. The summed E-state index contributed by atoms with van der Waals surface area (Å²) in [6.07, 6.45) is 0. The van der Waals surface area contributed by atoms with Crippen molar-refractivity contribution in [3.63, 3.8) is 0 Å². The van der Waals surface area contributed by atoms with Gasteiger partial charge < -0.3 is 11.5 Å². The Morgan fingerprint density at radius 2 is 2.29 bits per heavy atom. The first-order valence-corrected chi connectivity index (χ1v) is 2.91. The van der Waals surface area contributed by atoms with Crippen LogP contribution in [-0.4, -0.2) is 16.4 Å². The first kappa shape index (κ1) is 7.32. The molecule has 0 heterocycles. The molecule has 3 nitrogen and oxygen atoms in total. The molecule has 0 bridgehead atoms. The van der Waals surface area contributed by atoms with Gasteiger partial charge in [-0.25, -0.2) is 0 Å². The van der Waals surface area contributed by atoms with Gasteiger partial charge in [-0.2, -0.15) is 0 Å².